The predicted octanol–water partition coefficient (Wildman–Crippen LogP) is 3.76. The number of carbonyl (C=O) groups excluding carboxylic acids is 1. The van der Waals surface area contributed by atoms with Gasteiger partial charge in [-0.25, -0.2) is 4.98 Å². The number of aryl methyl sites for hydroxylation is 3. The lowest BCUT2D eigenvalue weighted by Crippen LogP contribution is -2.27. The van der Waals surface area contributed by atoms with Gasteiger partial charge in [0.15, 0.2) is 5.13 Å². The minimum Gasteiger partial charge on any atom is -0.355 e. The van der Waals surface area contributed by atoms with E-state index in [2.05, 4.69) is 59.9 Å². The topological polar surface area (TPSA) is 46.9 Å². The highest BCUT2D eigenvalue weighted by Gasteiger charge is 2.11. The number of rotatable bonds is 6. The van der Waals surface area contributed by atoms with Crippen molar-refractivity contribution >= 4 is 17.2 Å². The summed E-state index contributed by atoms with van der Waals surface area (Å²) in [4.78, 5) is 16.8. The third-order valence-electron chi connectivity index (χ3n) is 4.32. The second kappa shape index (κ2) is 7.66. The molecule has 0 saturated carbocycles. The minimum absolute atomic E-state index is 0.0198. The van der Waals surface area contributed by atoms with Crippen molar-refractivity contribution in [3.05, 3.63) is 70.0 Å². The molecule has 2 aromatic heterocycles. The fraction of sp³-hybridized carbons (Fsp3) is 0.300. The van der Waals surface area contributed by atoms with E-state index >= 15 is 0 Å². The summed E-state index contributed by atoms with van der Waals surface area (Å²) in [7, 11) is 0. The Morgan fingerprint density at radius 2 is 1.84 bits per heavy atom. The van der Waals surface area contributed by atoms with E-state index in [1.54, 1.807) is 11.3 Å². The maximum absolute atomic E-state index is 12.2. The molecule has 25 heavy (non-hydrogen) atoms. The van der Waals surface area contributed by atoms with Gasteiger partial charge in [-0.15, -0.1) is 11.3 Å². The minimum atomic E-state index is 0.0198. The van der Waals surface area contributed by atoms with E-state index in [1.807, 2.05) is 17.5 Å². The smallest absolute Gasteiger partial charge is 0.226 e. The second-order valence-electron chi connectivity index (χ2n) is 6.28. The van der Waals surface area contributed by atoms with Gasteiger partial charge in [0.05, 0.1) is 12.1 Å². The molecule has 1 amide bonds. The molecular formula is C20H23N3OS. The van der Waals surface area contributed by atoms with E-state index in [9.17, 15) is 4.79 Å². The van der Waals surface area contributed by atoms with E-state index in [-0.39, 0.29) is 5.91 Å². The van der Waals surface area contributed by atoms with E-state index in [0.717, 1.165) is 28.6 Å². The molecule has 1 aromatic carbocycles. The molecular weight excluding hydrogens is 330 g/mol. The molecule has 0 radical (unpaired) electrons. The average Bonchev–Trinajstić information content (AvgIpc) is 3.15. The number of aromatic nitrogens is 2. The molecule has 0 aliphatic rings. The Labute approximate surface area is 152 Å². The Morgan fingerprint density at radius 1 is 1.12 bits per heavy atom. The van der Waals surface area contributed by atoms with Crippen molar-refractivity contribution < 1.29 is 4.79 Å². The lowest BCUT2D eigenvalue weighted by atomic mass is 10.1. The SMILES string of the molecule is Cc1ccccc1CCNC(=O)Cc1csc(-n2c(C)ccc2C)n1. The van der Waals surface area contributed by atoms with Crippen LogP contribution in [-0.2, 0) is 17.6 Å². The molecule has 3 rings (SSSR count). The van der Waals surface area contributed by atoms with Gasteiger partial charge in [0.25, 0.3) is 0 Å². The number of hydrogen-bond acceptors (Lipinski definition) is 3. The first-order valence-electron chi connectivity index (χ1n) is 8.45. The Kier molecular flexibility index (Phi) is 5.34. The van der Waals surface area contributed by atoms with Gasteiger partial charge in [0, 0.05) is 23.3 Å². The van der Waals surface area contributed by atoms with Crippen molar-refractivity contribution in [3.63, 3.8) is 0 Å². The van der Waals surface area contributed by atoms with Crippen LogP contribution in [0.1, 0.15) is 28.2 Å². The number of hydrogen-bond donors (Lipinski definition) is 1. The summed E-state index contributed by atoms with van der Waals surface area (Å²) in [6, 6.07) is 12.4. The van der Waals surface area contributed by atoms with Crippen LogP contribution >= 0.6 is 11.3 Å². The van der Waals surface area contributed by atoms with Crippen LogP contribution in [0.15, 0.2) is 41.8 Å². The molecule has 2 heterocycles. The average molecular weight is 353 g/mol. The Bertz CT molecular complexity index is 859. The molecule has 0 aliphatic heterocycles. The third kappa shape index (κ3) is 4.17. The van der Waals surface area contributed by atoms with Crippen molar-refractivity contribution in [3.8, 4) is 5.13 Å². The summed E-state index contributed by atoms with van der Waals surface area (Å²) >= 11 is 1.57. The maximum Gasteiger partial charge on any atom is 0.226 e. The zero-order chi connectivity index (χ0) is 17.8. The van der Waals surface area contributed by atoms with Crippen molar-refractivity contribution in [2.75, 3.05) is 6.54 Å². The Balaban J connectivity index is 1.55. The number of amides is 1. The normalized spacial score (nSPS) is 10.8. The van der Waals surface area contributed by atoms with Crippen LogP contribution in [0.25, 0.3) is 5.13 Å². The van der Waals surface area contributed by atoms with Crippen molar-refractivity contribution in [1.29, 1.82) is 0 Å². The molecule has 0 fully saturated rings. The van der Waals surface area contributed by atoms with Crippen LogP contribution in [-0.4, -0.2) is 22.0 Å². The van der Waals surface area contributed by atoms with E-state index in [0.29, 0.717) is 13.0 Å². The van der Waals surface area contributed by atoms with Crippen molar-refractivity contribution in [2.24, 2.45) is 0 Å². The van der Waals surface area contributed by atoms with Gasteiger partial charge in [-0.2, -0.15) is 0 Å². The van der Waals surface area contributed by atoms with Gasteiger partial charge in [0.1, 0.15) is 0 Å². The van der Waals surface area contributed by atoms with Crippen molar-refractivity contribution in [1.82, 2.24) is 14.9 Å². The molecule has 5 heteroatoms. The molecule has 3 aromatic rings. The maximum atomic E-state index is 12.2. The van der Waals surface area contributed by atoms with Crippen LogP contribution in [0.3, 0.4) is 0 Å². The van der Waals surface area contributed by atoms with Gasteiger partial charge >= 0.3 is 0 Å². The summed E-state index contributed by atoms with van der Waals surface area (Å²) < 4.78 is 2.12. The van der Waals surface area contributed by atoms with Gasteiger partial charge in [-0.05, 0) is 50.5 Å². The first kappa shape index (κ1) is 17.4. The molecule has 0 saturated heterocycles. The third-order valence-corrected chi connectivity index (χ3v) is 5.20. The zero-order valence-electron chi connectivity index (χ0n) is 14.9. The summed E-state index contributed by atoms with van der Waals surface area (Å²) in [5.74, 6) is 0.0198. The number of nitrogens with zero attached hydrogens (tertiary/aromatic N) is 2. The van der Waals surface area contributed by atoms with Gasteiger partial charge in [-0.3, -0.25) is 9.36 Å². The quantitative estimate of drug-likeness (QED) is 0.733. The zero-order valence-corrected chi connectivity index (χ0v) is 15.7. The van der Waals surface area contributed by atoms with Crippen LogP contribution in [0, 0.1) is 20.8 Å². The summed E-state index contributed by atoms with van der Waals surface area (Å²) in [6.07, 6.45) is 1.17. The molecule has 0 bridgehead atoms. The van der Waals surface area contributed by atoms with Gasteiger partial charge in [-0.1, -0.05) is 24.3 Å². The first-order valence-corrected chi connectivity index (χ1v) is 9.33. The fourth-order valence-corrected chi connectivity index (χ4v) is 3.85. The van der Waals surface area contributed by atoms with Crippen LogP contribution in [0.4, 0.5) is 0 Å². The molecule has 0 atom stereocenters. The van der Waals surface area contributed by atoms with Crippen LogP contribution in [0.5, 0.6) is 0 Å². The number of benzene rings is 1. The number of thiazole rings is 1. The number of nitrogens with one attached hydrogen (secondary N) is 1. The van der Waals surface area contributed by atoms with Gasteiger partial charge in [0.2, 0.25) is 5.91 Å². The Hall–Kier alpha value is -2.40. The lowest BCUT2D eigenvalue weighted by molar-refractivity contribution is -0.120. The van der Waals surface area contributed by atoms with E-state index in [4.69, 9.17) is 0 Å². The molecule has 130 valence electrons. The first-order chi connectivity index (χ1) is 12.0. The van der Waals surface area contributed by atoms with E-state index in [1.165, 1.54) is 11.1 Å². The lowest BCUT2D eigenvalue weighted by Gasteiger charge is -2.07. The monoisotopic (exact) mass is 353 g/mol. The number of carbonyl (C=O) groups is 1. The molecule has 0 aliphatic carbocycles. The summed E-state index contributed by atoms with van der Waals surface area (Å²) in [5, 5.41) is 5.88. The van der Waals surface area contributed by atoms with Crippen LogP contribution < -0.4 is 5.32 Å². The standard InChI is InChI=1S/C20H23N3OS/c1-14-6-4-5-7-17(14)10-11-21-19(24)12-18-13-25-20(22-18)23-15(2)8-9-16(23)3/h4-9,13H,10-12H2,1-3H3,(H,21,24). The Morgan fingerprint density at radius 3 is 2.56 bits per heavy atom. The summed E-state index contributed by atoms with van der Waals surface area (Å²) in [6.45, 7) is 6.87. The molecule has 4 nitrogen and oxygen atoms in total. The van der Waals surface area contributed by atoms with Crippen LogP contribution in [0.2, 0.25) is 0 Å². The largest absolute Gasteiger partial charge is 0.355 e. The molecule has 0 unspecified atom stereocenters. The second-order valence-corrected chi connectivity index (χ2v) is 7.11. The molecule has 0 spiro atoms. The highest BCUT2D eigenvalue weighted by molar-refractivity contribution is 7.12. The predicted molar refractivity (Wildman–Crippen MR) is 103 cm³/mol. The van der Waals surface area contributed by atoms with Crippen molar-refractivity contribution in [2.45, 2.75) is 33.6 Å². The van der Waals surface area contributed by atoms with Gasteiger partial charge < -0.3 is 5.32 Å². The fourth-order valence-electron chi connectivity index (χ4n) is 2.90. The van der Waals surface area contributed by atoms with E-state index < -0.39 is 0 Å². The highest BCUT2D eigenvalue weighted by Crippen LogP contribution is 2.20. The summed E-state index contributed by atoms with van der Waals surface area (Å²) in [5.41, 5.74) is 5.67. The highest BCUT2D eigenvalue weighted by atomic mass is 32.1. The molecule has 1 N–H and O–H groups in total.